The molecule has 0 aromatic carbocycles. The van der Waals surface area contributed by atoms with E-state index in [1.807, 2.05) is 18.7 Å². The number of carbonyl (C=O) groups is 1. The molecule has 1 saturated heterocycles. The van der Waals surface area contributed by atoms with Crippen LogP contribution in [0.15, 0.2) is 12.2 Å². The van der Waals surface area contributed by atoms with Gasteiger partial charge in [0.15, 0.2) is 0 Å². The third-order valence-corrected chi connectivity index (χ3v) is 3.01. The number of hydrogen-bond acceptors (Lipinski definition) is 2. The van der Waals surface area contributed by atoms with E-state index in [-0.39, 0.29) is 11.3 Å². The topological polar surface area (TPSA) is 32.3 Å². The second kappa shape index (κ2) is 4.79. The zero-order valence-electron chi connectivity index (χ0n) is 10.1. The normalized spacial score (nSPS) is 25.3. The van der Waals surface area contributed by atoms with E-state index in [0.717, 1.165) is 31.6 Å². The molecule has 1 aliphatic heterocycles. The summed E-state index contributed by atoms with van der Waals surface area (Å²) in [5, 5.41) is 3.26. The van der Waals surface area contributed by atoms with Gasteiger partial charge >= 0.3 is 0 Å². The van der Waals surface area contributed by atoms with Crippen LogP contribution in [0.4, 0.5) is 0 Å². The number of nitrogens with one attached hydrogen (secondary N) is 1. The third-order valence-electron chi connectivity index (χ3n) is 3.01. The fourth-order valence-electron chi connectivity index (χ4n) is 2.03. The Balaban J connectivity index is 2.67. The quantitative estimate of drug-likeness (QED) is 0.712. The van der Waals surface area contributed by atoms with Crippen molar-refractivity contribution in [1.82, 2.24) is 10.2 Å². The molecule has 0 saturated carbocycles. The van der Waals surface area contributed by atoms with Crippen LogP contribution < -0.4 is 5.32 Å². The van der Waals surface area contributed by atoms with Crippen molar-refractivity contribution in [3.8, 4) is 0 Å². The second-order valence-corrected chi connectivity index (χ2v) is 4.76. The molecule has 0 aliphatic carbocycles. The Bertz CT molecular complexity index is 254. The predicted molar refractivity (Wildman–Crippen MR) is 62.7 cm³/mol. The maximum atomic E-state index is 12.3. The molecule has 3 heteroatoms. The molecule has 3 nitrogen and oxygen atoms in total. The highest BCUT2D eigenvalue weighted by atomic mass is 16.2. The molecular weight excluding hydrogens is 188 g/mol. The van der Waals surface area contributed by atoms with Crippen molar-refractivity contribution in [2.45, 2.75) is 27.2 Å². The summed E-state index contributed by atoms with van der Waals surface area (Å²) in [5.74, 6) is 0.262. The molecule has 1 amide bonds. The maximum Gasteiger partial charge on any atom is 0.230 e. The molecule has 0 aromatic rings. The predicted octanol–water partition coefficient (Wildman–Crippen LogP) is 1.41. The molecule has 15 heavy (non-hydrogen) atoms. The van der Waals surface area contributed by atoms with Crippen molar-refractivity contribution in [3.05, 3.63) is 12.2 Å². The van der Waals surface area contributed by atoms with Crippen LogP contribution in [0.1, 0.15) is 27.2 Å². The first-order valence-electron chi connectivity index (χ1n) is 5.64. The zero-order valence-corrected chi connectivity index (χ0v) is 10.1. The van der Waals surface area contributed by atoms with E-state index >= 15 is 0 Å². The molecule has 0 radical (unpaired) electrons. The standard InChI is InChI=1S/C12H22N2O/c1-5-14(8-10(2)3)11(15)12(4)6-7-13-9-12/h13H,2,5-9H2,1,3-4H3. The Morgan fingerprint density at radius 3 is 2.67 bits per heavy atom. The zero-order chi connectivity index (χ0) is 11.5. The smallest absolute Gasteiger partial charge is 0.230 e. The van der Waals surface area contributed by atoms with Crippen LogP contribution in [-0.2, 0) is 4.79 Å². The lowest BCUT2D eigenvalue weighted by Crippen LogP contribution is -2.44. The number of carbonyl (C=O) groups excluding carboxylic acids is 1. The molecule has 1 heterocycles. The summed E-state index contributed by atoms with van der Waals surface area (Å²) in [7, 11) is 0. The minimum atomic E-state index is -0.203. The van der Waals surface area contributed by atoms with Gasteiger partial charge in [0.2, 0.25) is 5.91 Å². The van der Waals surface area contributed by atoms with Gasteiger partial charge in [0, 0.05) is 19.6 Å². The highest BCUT2D eigenvalue weighted by Crippen LogP contribution is 2.27. The van der Waals surface area contributed by atoms with Crippen molar-refractivity contribution >= 4 is 5.91 Å². The number of rotatable bonds is 4. The largest absolute Gasteiger partial charge is 0.338 e. The summed E-state index contributed by atoms with van der Waals surface area (Å²) in [6.45, 7) is 13.1. The van der Waals surface area contributed by atoms with Gasteiger partial charge in [-0.3, -0.25) is 4.79 Å². The lowest BCUT2D eigenvalue weighted by Gasteiger charge is -2.30. The van der Waals surface area contributed by atoms with E-state index in [2.05, 4.69) is 18.8 Å². The molecule has 86 valence electrons. The Morgan fingerprint density at radius 1 is 1.60 bits per heavy atom. The van der Waals surface area contributed by atoms with Gasteiger partial charge in [-0.2, -0.15) is 0 Å². The number of amides is 1. The highest BCUT2D eigenvalue weighted by Gasteiger charge is 2.38. The van der Waals surface area contributed by atoms with E-state index in [4.69, 9.17) is 0 Å². The fraction of sp³-hybridized carbons (Fsp3) is 0.750. The van der Waals surface area contributed by atoms with Crippen LogP contribution in [0.2, 0.25) is 0 Å². The Morgan fingerprint density at radius 2 is 2.27 bits per heavy atom. The first-order chi connectivity index (χ1) is 6.99. The van der Waals surface area contributed by atoms with Gasteiger partial charge in [-0.15, -0.1) is 0 Å². The molecule has 1 rings (SSSR count). The molecule has 0 aromatic heterocycles. The van der Waals surface area contributed by atoms with Crippen LogP contribution >= 0.6 is 0 Å². The third kappa shape index (κ3) is 2.81. The van der Waals surface area contributed by atoms with Crippen molar-refractivity contribution in [2.24, 2.45) is 5.41 Å². The Kier molecular flexibility index (Phi) is 3.91. The summed E-state index contributed by atoms with van der Waals surface area (Å²) in [6.07, 6.45) is 0.943. The van der Waals surface area contributed by atoms with Crippen molar-refractivity contribution in [2.75, 3.05) is 26.2 Å². The summed E-state index contributed by atoms with van der Waals surface area (Å²) < 4.78 is 0. The summed E-state index contributed by atoms with van der Waals surface area (Å²) in [6, 6.07) is 0. The average molecular weight is 210 g/mol. The maximum absolute atomic E-state index is 12.3. The Hall–Kier alpha value is -0.830. The second-order valence-electron chi connectivity index (χ2n) is 4.76. The van der Waals surface area contributed by atoms with Gasteiger partial charge in [-0.25, -0.2) is 0 Å². The van der Waals surface area contributed by atoms with Gasteiger partial charge in [0.25, 0.3) is 0 Å². The molecule has 0 spiro atoms. The molecule has 1 aliphatic rings. The average Bonchev–Trinajstić information content (AvgIpc) is 2.61. The molecule has 1 atom stereocenters. The van der Waals surface area contributed by atoms with Crippen LogP contribution in [0.5, 0.6) is 0 Å². The van der Waals surface area contributed by atoms with Crippen molar-refractivity contribution in [1.29, 1.82) is 0 Å². The summed E-state index contributed by atoms with van der Waals surface area (Å²) in [5.41, 5.74) is 0.839. The molecule has 1 N–H and O–H groups in total. The SMILES string of the molecule is C=C(C)CN(CC)C(=O)C1(C)CCNC1. The van der Waals surface area contributed by atoms with Crippen molar-refractivity contribution < 1.29 is 4.79 Å². The summed E-state index contributed by atoms with van der Waals surface area (Å²) in [4.78, 5) is 14.2. The van der Waals surface area contributed by atoms with Crippen molar-refractivity contribution in [3.63, 3.8) is 0 Å². The van der Waals surface area contributed by atoms with E-state index in [1.165, 1.54) is 0 Å². The van der Waals surface area contributed by atoms with Crippen LogP contribution in [0.25, 0.3) is 0 Å². The fourth-order valence-corrected chi connectivity index (χ4v) is 2.03. The lowest BCUT2D eigenvalue weighted by molar-refractivity contribution is -0.139. The van der Waals surface area contributed by atoms with E-state index in [1.54, 1.807) is 0 Å². The number of nitrogens with zero attached hydrogens (tertiary/aromatic N) is 1. The minimum absolute atomic E-state index is 0.203. The Labute approximate surface area is 92.5 Å². The van der Waals surface area contributed by atoms with Gasteiger partial charge in [0.1, 0.15) is 0 Å². The molecule has 0 bridgehead atoms. The number of hydrogen-bond donors (Lipinski definition) is 1. The van der Waals surface area contributed by atoms with Gasteiger partial charge < -0.3 is 10.2 Å². The first kappa shape index (κ1) is 12.2. The first-order valence-corrected chi connectivity index (χ1v) is 5.64. The van der Waals surface area contributed by atoms with Crippen LogP contribution in [-0.4, -0.2) is 37.0 Å². The number of likely N-dealkylation sites (N-methyl/N-ethyl adjacent to an activating group) is 1. The van der Waals surface area contributed by atoms with Gasteiger partial charge in [-0.1, -0.05) is 12.2 Å². The summed E-state index contributed by atoms with van der Waals surface area (Å²) >= 11 is 0. The monoisotopic (exact) mass is 210 g/mol. The lowest BCUT2D eigenvalue weighted by atomic mass is 9.88. The molecule has 1 unspecified atom stereocenters. The minimum Gasteiger partial charge on any atom is -0.338 e. The van der Waals surface area contributed by atoms with E-state index < -0.39 is 0 Å². The van der Waals surface area contributed by atoms with Gasteiger partial charge in [-0.05, 0) is 33.7 Å². The molecule has 1 fully saturated rings. The highest BCUT2D eigenvalue weighted by molar-refractivity contribution is 5.83. The molecular formula is C12H22N2O. The van der Waals surface area contributed by atoms with E-state index in [0.29, 0.717) is 6.54 Å². The van der Waals surface area contributed by atoms with E-state index in [9.17, 15) is 4.79 Å². The van der Waals surface area contributed by atoms with Crippen LogP contribution in [0.3, 0.4) is 0 Å². The van der Waals surface area contributed by atoms with Gasteiger partial charge in [0.05, 0.1) is 5.41 Å². The van der Waals surface area contributed by atoms with Crippen LogP contribution in [0, 0.1) is 5.41 Å².